The molecule has 0 bridgehead atoms. The fourth-order valence-electron chi connectivity index (χ4n) is 1.28. The van der Waals surface area contributed by atoms with Crippen molar-refractivity contribution in [1.82, 2.24) is 15.3 Å². The Morgan fingerprint density at radius 3 is 2.82 bits per heavy atom. The minimum absolute atomic E-state index is 0.189. The van der Waals surface area contributed by atoms with Gasteiger partial charge in [0.2, 0.25) is 0 Å². The minimum Gasteiger partial charge on any atom is -0.375 e. The van der Waals surface area contributed by atoms with Crippen LogP contribution in [0.1, 0.15) is 21.2 Å². The van der Waals surface area contributed by atoms with Crippen molar-refractivity contribution < 1.29 is 4.79 Å². The van der Waals surface area contributed by atoms with E-state index >= 15 is 0 Å². The van der Waals surface area contributed by atoms with E-state index in [1.807, 2.05) is 12.3 Å². The summed E-state index contributed by atoms with van der Waals surface area (Å²) < 4.78 is 0. The van der Waals surface area contributed by atoms with Crippen LogP contribution in [0.25, 0.3) is 0 Å². The molecular formula is C10H12N4OS2. The summed E-state index contributed by atoms with van der Waals surface area (Å²) in [6, 6.07) is 0. The molecule has 17 heavy (non-hydrogen) atoms. The number of carbonyl (C=O) groups is 1. The highest BCUT2D eigenvalue weighted by Crippen LogP contribution is 2.11. The van der Waals surface area contributed by atoms with E-state index in [1.54, 1.807) is 16.7 Å². The van der Waals surface area contributed by atoms with E-state index in [2.05, 4.69) is 15.3 Å². The molecule has 90 valence electrons. The first kappa shape index (κ1) is 12.0. The van der Waals surface area contributed by atoms with Crippen LogP contribution in [0.15, 0.2) is 10.8 Å². The van der Waals surface area contributed by atoms with Gasteiger partial charge in [-0.25, -0.2) is 9.97 Å². The topological polar surface area (TPSA) is 80.9 Å². The lowest BCUT2D eigenvalue weighted by molar-refractivity contribution is 0.0950. The number of hydrogen-bond donors (Lipinski definition) is 2. The van der Waals surface area contributed by atoms with Gasteiger partial charge in [-0.3, -0.25) is 4.79 Å². The molecule has 7 heteroatoms. The van der Waals surface area contributed by atoms with Crippen LogP contribution in [0.4, 0.5) is 5.13 Å². The lowest BCUT2D eigenvalue weighted by atomic mass is 10.4. The van der Waals surface area contributed by atoms with Crippen molar-refractivity contribution in [2.45, 2.75) is 13.3 Å². The summed E-state index contributed by atoms with van der Waals surface area (Å²) >= 11 is 2.87. The number of nitrogens with two attached hydrogens (primary N) is 1. The molecule has 2 aromatic rings. The number of nitrogens with zero attached hydrogens (tertiary/aromatic N) is 2. The van der Waals surface area contributed by atoms with Crippen molar-refractivity contribution in [3.05, 3.63) is 27.2 Å². The molecule has 0 saturated carbocycles. The maximum Gasteiger partial charge on any atom is 0.270 e. The van der Waals surface area contributed by atoms with E-state index in [0.717, 1.165) is 17.1 Å². The van der Waals surface area contributed by atoms with Crippen LogP contribution in [0.3, 0.4) is 0 Å². The van der Waals surface area contributed by atoms with Gasteiger partial charge in [0.15, 0.2) is 5.13 Å². The summed E-state index contributed by atoms with van der Waals surface area (Å²) in [5.74, 6) is -0.189. The molecule has 0 aromatic carbocycles. The second-order valence-electron chi connectivity index (χ2n) is 3.46. The summed E-state index contributed by atoms with van der Waals surface area (Å²) in [6.07, 6.45) is 0.740. The summed E-state index contributed by atoms with van der Waals surface area (Å²) in [5.41, 5.74) is 6.85. The highest BCUT2D eigenvalue weighted by molar-refractivity contribution is 7.13. The second-order valence-corrected chi connectivity index (χ2v) is 5.29. The van der Waals surface area contributed by atoms with E-state index in [9.17, 15) is 4.79 Å². The molecule has 0 radical (unpaired) electrons. The lowest BCUT2D eigenvalue weighted by Gasteiger charge is -2.00. The molecule has 2 rings (SSSR count). The third-order valence-corrected chi connectivity index (χ3v) is 3.75. The average Bonchev–Trinajstić information content (AvgIpc) is 2.88. The molecule has 0 aliphatic rings. The van der Waals surface area contributed by atoms with Crippen molar-refractivity contribution in [2.24, 2.45) is 0 Å². The monoisotopic (exact) mass is 268 g/mol. The molecule has 0 aliphatic heterocycles. The van der Waals surface area contributed by atoms with Gasteiger partial charge in [-0.05, 0) is 6.92 Å². The third kappa shape index (κ3) is 3.24. The molecule has 2 heterocycles. The zero-order chi connectivity index (χ0) is 12.3. The average molecular weight is 268 g/mol. The molecule has 5 nitrogen and oxygen atoms in total. The van der Waals surface area contributed by atoms with E-state index in [0.29, 0.717) is 17.4 Å². The predicted molar refractivity (Wildman–Crippen MR) is 69.4 cm³/mol. The molecule has 0 fully saturated rings. The van der Waals surface area contributed by atoms with Crippen molar-refractivity contribution >= 4 is 33.7 Å². The van der Waals surface area contributed by atoms with Crippen LogP contribution in [-0.4, -0.2) is 22.4 Å². The Morgan fingerprint density at radius 2 is 2.24 bits per heavy atom. The zero-order valence-electron chi connectivity index (χ0n) is 9.27. The van der Waals surface area contributed by atoms with Crippen molar-refractivity contribution in [3.8, 4) is 0 Å². The number of amides is 1. The molecule has 0 atom stereocenters. The Bertz CT molecular complexity index is 520. The van der Waals surface area contributed by atoms with E-state index in [1.165, 1.54) is 11.3 Å². The summed E-state index contributed by atoms with van der Waals surface area (Å²) in [4.78, 5) is 19.8. The molecule has 0 aliphatic carbocycles. The second kappa shape index (κ2) is 5.24. The van der Waals surface area contributed by atoms with Gasteiger partial charge in [-0.1, -0.05) is 0 Å². The number of aryl methyl sites for hydroxylation is 1. The quantitative estimate of drug-likeness (QED) is 0.879. The highest BCUT2D eigenvalue weighted by atomic mass is 32.1. The van der Waals surface area contributed by atoms with E-state index < -0.39 is 0 Å². The smallest absolute Gasteiger partial charge is 0.270 e. The molecule has 0 spiro atoms. The van der Waals surface area contributed by atoms with Gasteiger partial charge in [-0.2, -0.15) is 0 Å². The summed E-state index contributed by atoms with van der Waals surface area (Å²) in [7, 11) is 0. The molecule has 1 amide bonds. The van der Waals surface area contributed by atoms with Crippen LogP contribution in [0.5, 0.6) is 0 Å². The molecule has 0 saturated heterocycles. The number of rotatable bonds is 4. The van der Waals surface area contributed by atoms with E-state index in [-0.39, 0.29) is 5.91 Å². The molecule has 0 unspecified atom stereocenters. The van der Waals surface area contributed by atoms with Crippen LogP contribution < -0.4 is 11.1 Å². The number of nitrogen functional groups attached to an aromatic ring is 1. The Balaban J connectivity index is 1.81. The zero-order valence-corrected chi connectivity index (χ0v) is 10.9. The van der Waals surface area contributed by atoms with Crippen LogP contribution in [-0.2, 0) is 6.42 Å². The minimum atomic E-state index is -0.189. The maximum atomic E-state index is 11.6. The maximum absolute atomic E-state index is 11.6. The Morgan fingerprint density at radius 1 is 1.41 bits per heavy atom. The first-order valence-electron chi connectivity index (χ1n) is 5.05. The number of aromatic nitrogens is 2. The SMILES string of the molecule is Cc1csc(CCNC(=O)c2csc(N)n2)n1. The number of nitrogens with one attached hydrogen (secondary N) is 1. The summed E-state index contributed by atoms with van der Waals surface area (Å²) in [6.45, 7) is 2.51. The molecule has 3 N–H and O–H groups in total. The predicted octanol–water partition coefficient (Wildman–Crippen LogP) is 1.46. The Hall–Kier alpha value is -1.47. The standard InChI is InChI=1S/C10H12N4OS2/c1-6-4-16-8(13-6)2-3-12-9(15)7-5-17-10(11)14-7/h4-5H,2-3H2,1H3,(H2,11,14)(H,12,15). The Kier molecular flexibility index (Phi) is 3.70. The fraction of sp³-hybridized carbons (Fsp3) is 0.300. The van der Waals surface area contributed by atoms with Crippen LogP contribution in [0.2, 0.25) is 0 Å². The molecule has 2 aromatic heterocycles. The number of thiazole rings is 2. The van der Waals surface area contributed by atoms with Gasteiger partial charge in [0, 0.05) is 29.4 Å². The van der Waals surface area contributed by atoms with Gasteiger partial charge in [0.25, 0.3) is 5.91 Å². The lowest BCUT2D eigenvalue weighted by Crippen LogP contribution is -2.25. The number of anilines is 1. The number of carbonyl (C=O) groups excluding carboxylic acids is 1. The summed E-state index contributed by atoms with van der Waals surface area (Å²) in [5, 5.41) is 7.87. The van der Waals surface area contributed by atoms with Gasteiger partial charge >= 0.3 is 0 Å². The largest absolute Gasteiger partial charge is 0.375 e. The first-order valence-corrected chi connectivity index (χ1v) is 6.81. The van der Waals surface area contributed by atoms with Crippen molar-refractivity contribution in [2.75, 3.05) is 12.3 Å². The van der Waals surface area contributed by atoms with Gasteiger partial charge in [0.05, 0.1) is 5.01 Å². The van der Waals surface area contributed by atoms with Crippen LogP contribution in [0, 0.1) is 6.92 Å². The van der Waals surface area contributed by atoms with Gasteiger partial charge < -0.3 is 11.1 Å². The van der Waals surface area contributed by atoms with E-state index in [4.69, 9.17) is 5.73 Å². The third-order valence-electron chi connectivity index (χ3n) is 2.05. The Labute approximate surface area is 107 Å². The van der Waals surface area contributed by atoms with Crippen molar-refractivity contribution in [1.29, 1.82) is 0 Å². The van der Waals surface area contributed by atoms with Crippen LogP contribution >= 0.6 is 22.7 Å². The number of hydrogen-bond acceptors (Lipinski definition) is 6. The normalized spacial score (nSPS) is 10.4. The van der Waals surface area contributed by atoms with Gasteiger partial charge in [-0.15, -0.1) is 22.7 Å². The van der Waals surface area contributed by atoms with Gasteiger partial charge in [0.1, 0.15) is 5.69 Å². The van der Waals surface area contributed by atoms with Crippen molar-refractivity contribution in [3.63, 3.8) is 0 Å². The highest BCUT2D eigenvalue weighted by Gasteiger charge is 2.09. The fourth-order valence-corrected chi connectivity index (χ4v) is 2.60. The first-order chi connectivity index (χ1) is 8.15. The molecular weight excluding hydrogens is 256 g/mol.